The summed E-state index contributed by atoms with van der Waals surface area (Å²) in [5.74, 6) is 1.15. The van der Waals surface area contributed by atoms with Crippen molar-refractivity contribution in [3.63, 3.8) is 0 Å². The molecule has 0 aliphatic carbocycles. The molecule has 0 saturated carbocycles. The van der Waals surface area contributed by atoms with Gasteiger partial charge < -0.3 is 28.8 Å². The molecule has 7 heteroatoms. The summed E-state index contributed by atoms with van der Waals surface area (Å²) in [5, 5.41) is 9.71. The summed E-state index contributed by atoms with van der Waals surface area (Å²) < 4.78 is 27.6. The van der Waals surface area contributed by atoms with Gasteiger partial charge in [-0.1, -0.05) is 12.1 Å². The van der Waals surface area contributed by atoms with E-state index in [1.54, 1.807) is 26.4 Å². The molecular formula is C21H22O7. The second-order valence-corrected chi connectivity index (χ2v) is 7.03. The highest BCUT2D eigenvalue weighted by molar-refractivity contribution is 5.96. The molecule has 0 aromatic heterocycles. The molecule has 2 aliphatic heterocycles. The maximum Gasteiger partial charge on any atom is 0.338 e. The number of benzene rings is 2. The lowest BCUT2D eigenvalue weighted by atomic mass is 9.88. The van der Waals surface area contributed by atoms with E-state index >= 15 is 0 Å². The van der Waals surface area contributed by atoms with E-state index < -0.39 is 5.41 Å². The Kier molecular flexibility index (Phi) is 4.87. The van der Waals surface area contributed by atoms with E-state index in [2.05, 4.69) is 0 Å². The molecule has 1 fully saturated rings. The summed E-state index contributed by atoms with van der Waals surface area (Å²) in [7, 11) is 3.10. The molecule has 4 rings (SSSR count). The number of esters is 1. The van der Waals surface area contributed by atoms with Gasteiger partial charge in [0.15, 0.2) is 11.5 Å². The SMILES string of the molecule is COc1ccc(-c2cccc3c2COC3=O)c(OCC2(CO)COC2)c1OC. The highest BCUT2D eigenvalue weighted by atomic mass is 16.5. The summed E-state index contributed by atoms with van der Waals surface area (Å²) in [6.07, 6.45) is 0. The molecule has 0 atom stereocenters. The van der Waals surface area contributed by atoms with Gasteiger partial charge in [0.2, 0.25) is 5.75 Å². The number of cyclic esters (lactones) is 1. The summed E-state index contributed by atoms with van der Waals surface area (Å²) in [6.45, 7) is 1.33. The van der Waals surface area contributed by atoms with Gasteiger partial charge in [-0.05, 0) is 23.8 Å². The number of hydrogen-bond acceptors (Lipinski definition) is 7. The fourth-order valence-electron chi connectivity index (χ4n) is 3.49. The van der Waals surface area contributed by atoms with Crippen LogP contribution in [0.3, 0.4) is 0 Å². The van der Waals surface area contributed by atoms with Crippen LogP contribution >= 0.6 is 0 Å². The first-order chi connectivity index (χ1) is 13.6. The van der Waals surface area contributed by atoms with Crippen molar-refractivity contribution in [2.45, 2.75) is 6.61 Å². The molecule has 2 aromatic rings. The Labute approximate surface area is 162 Å². The van der Waals surface area contributed by atoms with Crippen LogP contribution in [0.25, 0.3) is 11.1 Å². The van der Waals surface area contributed by atoms with Gasteiger partial charge in [-0.2, -0.15) is 0 Å². The highest BCUT2D eigenvalue weighted by Gasteiger charge is 2.40. The number of carbonyl (C=O) groups excluding carboxylic acids is 1. The lowest BCUT2D eigenvalue weighted by Crippen LogP contribution is -2.50. The van der Waals surface area contributed by atoms with Crippen molar-refractivity contribution < 1.29 is 33.6 Å². The summed E-state index contributed by atoms with van der Waals surface area (Å²) in [4.78, 5) is 12.0. The Morgan fingerprint density at radius 2 is 1.82 bits per heavy atom. The predicted octanol–water partition coefficient (Wildman–Crippen LogP) is 2.43. The van der Waals surface area contributed by atoms with E-state index in [1.165, 1.54) is 0 Å². The smallest absolute Gasteiger partial charge is 0.338 e. The molecule has 0 radical (unpaired) electrons. The van der Waals surface area contributed by atoms with Crippen molar-refractivity contribution in [2.24, 2.45) is 5.41 Å². The minimum Gasteiger partial charge on any atom is -0.493 e. The van der Waals surface area contributed by atoms with Crippen LogP contribution in [0.5, 0.6) is 17.2 Å². The zero-order valence-electron chi connectivity index (χ0n) is 15.8. The van der Waals surface area contributed by atoms with Crippen molar-refractivity contribution in [2.75, 3.05) is 40.6 Å². The van der Waals surface area contributed by atoms with Crippen LogP contribution in [0.15, 0.2) is 30.3 Å². The van der Waals surface area contributed by atoms with Crippen LogP contribution < -0.4 is 14.2 Å². The van der Waals surface area contributed by atoms with Crippen molar-refractivity contribution in [1.29, 1.82) is 0 Å². The van der Waals surface area contributed by atoms with Crippen molar-refractivity contribution in [3.8, 4) is 28.4 Å². The topological polar surface area (TPSA) is 83.5 Å². The highest BCUT2D eigenvalue weighted by Crippen LogP contribution is 2.47. The Hall–Kier alpha value is -2.77. The van der Waals surface area contributed by atoms with Crippen molar-refractivity contribution in [3.05, 3.63) is 41.5 Å². The van der Waals surface area contributed by atoms with Gasteiger partial charge in [-0.3, -0.25) is 0 Å². The van der Waals surface area contributed by atoms with Crippen molar-refractivity contribution >= 4 is 5.97 Å². The fourth-order valence-corrected chi connectivity index (χ4v) is 3.49. The Balaban J connectivity index is 1.80. The maximum atomic E-state index is 12.0. The maximum absolute atomic E-state index is 12.0. The molecule has 28 heavy (non-hydrogen) atoms. The van der Waals surface area contributed by atoms with Gasteiger partial charge in [-0.15, -0.1) is 0 Å². The van der Waals surface area contributed by atoms with Crippen LogP contribution in [-0.2, 0) is 16.1 Å². The minimum atomic E-state index is -0.428. The largest absolute Gasteiger partial charge is 0.493 e. The van der Waals surface area contributed by atoms with E-state index in [0.717, 1.165) is 16.7 Å². The summed E-state index contributed by atoms with van der Waals surface area (Å²) in [6, 6.07) is 9.16. The zero-order chi connectivity index (χ0) is 19.7. The molecule has 2 aliphatic rings. The first kappa shape index (κ1) is 18.6. The van der Waals surface area contributed by atoms with Gasteiger partial charge >= 0.3 is 5.97 Å². The van der Waals surface area contributed by atoms with Gasteiger partial charge in [0, 0.05) is 11.1 Å². The molecule has 0 bridgehead atoms. The summed E-state index contributed by atoms with van der Waals surface area (Å²) >= 11 is 0. The molecule has 0 amide bonds. The zero-order valence-corrected chi connectivity index (χ0v) is 15.8. The Morgan fingerprint density at radius 3 is 2.46 bits per heavy atom. The molecule has 1 saturated heterocycles. The third-order valence-electron chi connectivity index (χ3n) is 5.21. The predicted molar refractivity (Wildman–Crippen MR) is 99.9 cm³/mol. The Morgan fingerprint density at radius 1 is 1.04 bits per heavy atom. The van der Waals surface area contributed by atoms with Crippen LogP contribution in [0.1, 0.15) is 15.9 Å². The second-order valence-electron chi connectivity index (χ2n) is 7.03. The molecule has 1 N–H and O–H groups in total. The van der Waals surface area contributed by atoms with Crippen LogP contribution in [0.2, 0.25) is 0 Å². The number of fused-ring (bicyclic) bond motifs is 1. The molecule has 0 unspecified atom stereocenters. The standard InChI is InChI=1S/C21H22O7/c1-24-17-7-6-14(13-4-3-5-15-16(13)8-27-20(15)23)18(19(17)25-2)28-12-21(9-22)10-26-11-21/h3-7,22H,8-12H2,1-2H3. The van der Waals surface area contributed by atoms with Gasteiger partial charge in [-0.25, -0.2) is 4.79 Å². The second kappa shape index (κ2) is 7.33. The number of aliphatic hydroxyl groups excluding tert-OH is 1. The fraction of sp³-hybridized carbons (Fsp3) is 0.381. The third-order valence-corrected chi connectivity index (χ3v) is 5.21. The number of ether oxygens (including phenoxy) is 5. The average Bonchev–Trinajstić information content (AvgIpc) is 3.08. The molecule has 2 aromatic carbocycles. The molecule has 2 heterocycles. The van der Waals surface area contributed by atoms with E-state index in [9.17, 15) is 9.90 Å². The van der Waals surface area contributed by atoms with E-state index in [1.807, 2.05) is 18.2 Å². The van der Waals surface area contributed by atoms with E-state index in [0.29, 0.717) is 36.0 Å². The lowest BCUT2D eigenvalue weighted by Gasteiger charge is -2.39. The number of hydrogen-bond donors (Lipinski definition) is 1. The quantitative estimate of drug-likeness (QED) is 0.732. The van der Waals surface area contributed by atoms with Crippen molar-refractivity contribution in [1.82, 2.24) is 0 Å². The summed E-state index contributed by atoms with van der Waals surface area (Å²) in [5.41, 5.74) is 2.54. The van der Waals surface area contributed by atoms with Crippen LogP contribution in [-0.4, -0.2) is 51.7 Å². The first-order valence-corrected chi connectivity index (χ1v) is 8.98. The lowest BCUT2D eigenvalue weighted by molar-refractivity contribution is -0.153. The number of aliphatic hydroxyl groups is 1. The molecule has 7 nitrogen and oxygen atoms in total. The normalized spacial score (nSPS) is 16.8. The van der Waals surface area contributed by atoms with E-state index in [4.69, 9.17) is 23.7 Å². The van der Waals surface area contributed by atoms with Gasteiger partial charge in [0.25, 0.3) is 0 Å². The van der Waals surface area contributed by atoms with Crippen LogP contribution in [0, 0.1) is 5.41 Å². The number of methoxy groups -OCH3 is 2. The molecule has 0 spiro atoms. The first-order valence-electron chi connectivity index (χ1n) is 8.98. The minimum absolute atomic E-state index is 0.0301. The van der Waals surface area contributed by atoms with Gasteiger partial charge in [0.05, 0.1) is 45.0 Å². The third kappa shape index (κ3) is 2.96. The molecular weight excluding hydrogens is 364 g/mol. The molecule has 148 valence electrons. The van der Waals surface area contributed by atoms with E-state index in [-0.39, 0.29) is 25.8 Å². The number of carbonyl (C=O) groups is 1. The van der Waals surface area contributed by atoms with Crippen LogP contribution in [0.4, 0.5) is 0 Å². The average molecular weight is 386 g/mol. The monoisotopic (exact) mass is 386 g/mol. The van der Waals surface area contributed by atoms with Gasteiger partial charge in [0.1, 0.15) is 13.2 Å². The Bertz CT molecular complexity index is 896. The number of rotatable bonds is 7.